The summed E-state index contributed by atoms with van der Waals surface area (Å²) < 4.78 is 22.3. The van der Waals surface area contributed by atoms with Crippen molar-refractivity contribution in [3.8, 4) is 11.3 Å². The number of aromatic nitrogens is 3. The first-order valence-electron chi connectivity index (χ1n) is 12.9. The van der Waals surface area contributed by atoms with Crippen LogP contribution in [0.1, 0.15) is 12.8 Å². The minimum absolute atomic E-state index is 0.0423. The molecule has 2 heterocycles. The zero-order valence-electron chi connectivity index (χ0n) is 22.9. The Morgan fingerprint density at radius 3 is 2.27 bits per heavy atom. The molecule has 1 aromatic rings. The van der Waals surface area contributed by atoms with Gasteiger partial charge >= 0.3 is 25.5 Å². The summed E-state index contributed by atoms with van der Waals surface area (Å²) in [5.74, 6) is -4.32. The van der Waals surface area contributed by atoms with Gasteiger partial charge in [0.1, 0.15) is 30.0 Å². The van der Waals surface area contributed by atoms with Gasteiger partial charge in [0.05, 0.1) is 30.8 Å². The molecule has 0 radical (unpaired) electrons. The second-order valence-corrected chi connectivity index (χ2v) is 11.1. The van der Waals surface area contributed by atoms with Crippen LogP contribution in [-0.2, 0) is 34.5 Å². The van der Waals surface area contributed by atoms with Gasteiger partial charge in [-0.2, -0.15) is 0 Å². The summed E-state index contributed by atoms with van der Waals surface area (Å²) in [5.41, 5.74) is -1.82. The molecule has 0 fully saturated rings. The lowest BCUT2D eigenvalue weighted by atomic mass is 10.0. The van der Waals surface area contributed by atoms with Gasteiger partial charge in [-0.25, -0.2) is 14.2 Å². The van der Waals surface area contributed by atoms with Crippen LogP contribution in [0.2, 0.25) is 0 Å². The van der Waals surface area contributed by atoms with E-state index in [1.54, 1.807) is 0 Å². The lowest BCUT2D eigenvalue weighted by Crippen LogP contribution is -2.46. The molecule has 10 N–H and O–H groups in total. The van der Waals surface area contributed by atoms with Gasteiger partial charge in [0.15, 0.2) is 11.5 Å². The predicted octanol–water partition coefficient (Wildman–Crippen LogP) is -3.51. The topological polar surface area (TPSA) is 328 Å². The number of carboxylic acid groups (broad SMARTS) is 2. The molecule has 45 heavy (non-hydrogen) atoms. The summed E-state index contributed by atoms with van der Waals surface area (Å²) >= 11 is 0. The van der Waals surface area contributed by atoms with Crippen LogP contribution in [0.3, 0.4) is 0 Å². The number of carbonyl (C=O) groups excluding carboxylic acids is 1. The fraction of sp³-hybridized carbons (Fsp3) is 0.417. The number of fused-ring (bicyclic) bond motifs is 2. The Balaban J connectivity index is 1.63. The number of aliphatic hydroxyl groups is 4. The molecule has 6 atom stereocenters. The monoisotopic (exact) mass is 660 g/mol. The molecule has 1 amide bonds. The van der Waals surface area contributed by atoms with E-state index in [4.69, 9.17) is 10.2 Å². The third-order valence-electron chi connectivity index (χ3n) is 6.35. The van der Waals surface area contributed by atoms with Crippen molar-refractivity contribution in [2.24, 2.45) is 0 Å². The highest BCUT2D eigenvalue weighted by atomic mass is 31.2. The average molecular weight is 660 g/mol. The Morgan fingerprint density at radius 1 is 0.956 bits per heavy atom. The summed E-state index contributed by atoms with van der Waals surface area (Å²) in [4.78, 5) is 84.3. The fourth-order valence-electron chi connectivity index (χ4n) is 4.07. The van der Waals surface area contributed by atoms with Gasteiger partial charge in [0.25, 0.3) is 11.5 Å². The van der Waals surface area contributed by atoms with Gasteiger partial charge in [-0.15, -0.1) is 0 Å². The highest BCUT2D eigenvalue weighted by Gasteiger charge is 2.32. The zero-order chi connectivity index (χ0) is 33.6. The van der Waals surface area contributed by atoms with Crippen molar-refractivity contribution < 1.29 is 63.5 Å². The zero-order valence-corrected chi connectivity index (χ0v) is 23.8. The van der Waals surface area contributed by atoms with E-state index in [0.29, 0.717) is 5.56 Å². The number of aliphatic hydroxyl groups excluding tert-OH is 4. The average Bonchev–Trinajstić information content (AvgIpc) is 2.96. The first kappa shape index (κ1) is 35.2. The molecule has 0 spiro atoms. The van der Waals surface area contributed by atoms with Crippen LogP contribution in [-0.4, -0.2) is 112 Å². The van der Waals surface area contributed by atoms with Gasteiger partial charge in [-0.3, -0.25) is 38.2 Å². The fourth-order valence-corrected chi connectivity index (χ4v) is 4.81. The number of rotatable bonds is 16. The Hall–Kier alpha value is -4.27. The summed E-state index contributed by atoms with van der Waals surface area (Å²) in [6.07, 6.45) is -9.41. The highest BCUT2D eigenvalue weighted by molar-refractivity contribution is 7.47. The van der Waals surface area contributed by atoms with Crippen LogP contribution in [0.4, 0.5) is 0 Å². The van der Waals surface area contributed by atoms with Crippen LogP contribution < -0.4 is 22.0 Å². The largest absolute Gasteiger partial charge is 0.481 e. The Bertz CT molecular complexity index is 1750. The third-order valence-corrected chi connectivity index (χ3v) is 7.30. The normalized spacial score (nSPS) is 16.4. The number of pyridine rings is 1. The Kier molecular flexibility index (Phi) is 11.5. The van der Waals surface area contributed by atoms with Crippen molar-refractivity contribution in [1.82, 2.24) is 19.9 Å². The van der Waals surface area contributed by atoms with Crippen LogP contribution in [0.25, 0.3) is 22.3 Å². The number of carboxylic acids is 2. The summed E-state index contributed by atoms with van der Waals surface area (Å²) in [7, 11) is -5.14. The first-order valence-corrected chi connectivity index (χ1v) is 14.4. The second kappa shape index (κ2) is 14.7. The number of phosphoric acid groups is 1. The maximum atomic E-state index is 12.4. The van der Waals surface area contributed by atoms with E-state index in [1.165, 1.54) is 18.2 Å². The van der Waals surface area contributed by atoms with Crippen molar-refractivity contribution in [1.29, 1.82) is 0 Å². The molecular weight excluding hydrogens is 631 g/mol. The number of nitrogens with zero attached hydrogens (tertiary/aromatic N) is 1. The van der Waals surface area contributed by atoms with Crippen LogP contribution >= 0.6 is 7.82 Å². The molecule has 21 heteroatoms. The number of phosphoric ester groups is 1. The maximum Gasteiger partial charge on any atom is 0.472 e. The lowest BCUT2D eigenvalue weighted by Gasteiger charge is -2.26. The maximum absolute atomic E-state index is 12.4. The molecule has 0 saturated heterocycles. The quantitative estimate of drug-likeness (QED) is 0.0526. The van der Waals surface area contributed by atoms with Crippen molar-refractivity contribution >= 4 is 36.7 Å². The van der Waals surface area contributed by atoms with E-state index >= 15 is 0 Å². The van der Waals surface area contributed by atoms with Crippen LogP contribution in [0, 0.1) is 0 Å². The van der Waals surface area contributed by atoms with Gasteiger partial charge in [-0.1, -0.05) is 0 Å². The molecule has 246 valence electrons. The Labute approximate surface area is 250 Å². The number of benzene rings is 1. The third kappa shape index (κ3) is 9.36. The first-order chi connectivity index (χ1) is 21.0. The van der Waals surface area contributed by atoms with Crippen LogP contribution in [0.15, 0.2) is 38.6 Å². The van der Waals surface area contributed by atoms with Crippen molar-refractivity contribution in [2.75, 3.05) is 13.2 Å². The standard InChI is InChI=1S/C24H29N4O16P/c29-11-2-1-10-5-12-20(26-24(40)27-21(12)36)28(14(10)6-11)7-15(30)19(35)16(31)8-43-45(41,42)44-9-17(32)22(37)25-13(23(38)39)3-4-18(33)34/h1-2,5-6,13,15-17,19,30-32,35H,3-4,7-9H2,(H,25,37)(H,33,34)(H,38,39)(H,41,42)(H2,26,27,36,40). The second-order valence-electron chi connectivity index (χ2n) is 9.68. The molecule has 0 aromatic carbocycles. The van der Waals surface area contributed by atoms with E-state index in [9.17, 15) is 58.7 Å². The number of H-pyrrole nitrogens is 2. The lowest BCUT2D eigenvalue weighted by molar-refractivity contribution is -0.145. The molecule has 0 saturated carbocycles. The van der Waals surface area contributed by atoms with E-state index in [1.807, 2.05) is 10.3 Å². The number of aliphatic carboxylic acids is 2. The van der Waals surface area contributed by atoms with Gasteiger partial charge < -0.3 is 45.4 Å². The van der Waals surface area contributed by atoms with E-state index in [0.717, 1.165) is 10.6 Å². The van der Waals surface area contributed by atoms with Gasteiger partial charge in [0, 0.05) is 12.5 Å². The number of carbonyl (C=O) groups is 3. The molecular formula is C24H29N4O16P. The summed E-state index contributed by atoms with van der Waals surface area (Å²) in [6.45, 7) is -2.98. The molecule has 2 aliphatic rings. The summed E-state index contributed by atoms with van der Waals surface area (Å²) in [6, 6.07) is 3.41. The molecule has 20 nitrogen and oxygen atoms in total. The smallest absolute Gasteiger partial charge is 0.472 e. The van der Waals surface area contributed by atoms with Gasteiger partial charge in [-0.05, 0) is 30.2 Å². The highest BCUT2D eigenvalue weighted by Crippen LogP contribution is 2.43. The number of aromatic amines is 2. The summed E-state index contributed by atoms with van der Waals surface area (Å²) in [5, 5.41) is 60.8. The van der Waals surface area contributed by atoms with Crippen molar-refractivity contribution in [3.05, 3.63) is 55.3 Å². The van der Waals surface area contributed by atoms with Crippen molar-refractivity contribution in [2.45, 2.75) is 49.8 Å². The number of hydrogen-bond donors (Lipinski definition) is 10. The molecule has 0 bridgehead atoms. The van der Waals surface area contributed by atoms with E-state index in [-0.39, 0.29) is 16.7 Å². The SMILES string of the molecule is O=C(O)CCC(NC(=O)C(O)COP(=O)(O)OCC(O)C(O)C(O)Cn1c2cc(=O)ccc-2cc2c(=O)[nH]c(=O)[nH]c21)C(=O)O. The minimum Gasteiger partial charge on any atom is -0.481 e. The number of nitrogens with one attached hydrogen (secondary N) is 3. The minimum atomic E-state index is -5.14. The van der Waals surface area contributed by atoms with E-state index < -0.39 is 105 Å². The van der Waals surface area contributed by atoms with Crippen LogP contribution in [0.5, 0.6) is 0 Å². The predicted molar refractivity (Wildman–Crippen MR) is 148 cm³/mol. The van der Waals surface area contributed by atoms with E-state index in [2.05, 4.69) is 14.0 Å². The molecule has 1 aliphatic carbocycles. The van der Waals surface area contributed by atoms with Crippen molar-refractivity contribution in [3.63, 3.8) is 0 Å². The molecule has 1 aromatic heterocycles. The van der Waals surface area contributed by atoms with Gasteiger partial charge in [0.2, 0.25) is 0 Å². The molecule has 1 aliphatic heterocycles. The molecule has 6 unspecified atom stereocenters. The number of amides is 1. The number of hydrogen-bond acceptors (Lipinski definition) is 13. The molecule has 3 rings (SSSR count). The Morgan fingerprint density at radius 2 is 1.62 bits per heavy atom.